The van der Waals surface area contributed by atoms with Crippen LogP contribution in [-0.2, 0) is 4.74 Å². The zero-order chi connectivity index (χ0) is 9.30. The van der Waals surface area contributed by atoms with Gasteiger partial charge < -0.3 is 30.3 Å². The fraction of sp³-hybridized carbons (Fsp3) is 1.00. The Bertz CT molecular complexity index is 146. The highest BCUT2D eigenvalue weighted by Crippen LogP contribution is 2.18. The largest absolute Gasteiger partial charge is 0.394 e. The van der Waals surface area contributed by atoms with Crippen LogP contribution in [0.25, 0.3) is 0 Å². The molecule has 6 nitrogen and oxygen atoms in total. The maximum atomic E-state index is 9.12. The van der Waals surface area contributed by atoms with Gasteiger partial charge in [-0.15, -0.1) is 0 Å². The summed E-state index contributed by atoms with van der Waals surface area (Å²) in [4.78, 5) is 0. The Morgan fingerprint density at radius 3 is 2.00 bits per heavy atom. The second kappa shape index (κ2) is 3.65. The Kier molecular flexibility index (Phi) is 2.99. The van der Waals surface area contributed by atoms with Gasteiger partial charge in [-0.05, 0) is 0 Å². The highest BCUT2D eigenvalue weighted by molar-refractivity contribution is 4.87. The molecule has 0 radical (unpaired) electrons. The molecule has 0 spiro atoms. The summed E-state index contributed by atoms with van der Waals surface area (Å²) >= 11 is 0. The Hall–Kier alpha value is -0.240. The molecule has 0 aromatic carbocycles. The van der Waals surface area contributed by atoms with E-state index in [9.17, 15) is 0 Å². The van der Waals surface area contributed by atoms with Gasteiger partial charge in [0, 0.05) is 0 Å². The van der Waals surface area contributed by atoms with Crippen LogP contribution in [-0.4, -0.2) is 62.8 Å². The molecule has 1 aliphatic rings. The second-order valence-corrected chi connectivity index (χ2v) is 2.72. The summed E-state index contributed by atoms with van der Waals surface area (Å²) in [5, 5.41) is 44.7. The van der Waals surface area contributed by atoms with E-state index in [1.807, 2.05) is 0 Å². The van der Waals surface area contributed by atoms with Gasteiger partial charge in [0.25, 0.3) is 0 Å². The van der Waals surface area contributed by atoms with Crippen LogP contribution in [0.15, 0.2) is 0 Å². The van der Waals surface area contributed by atoms with Crippen molar-refractivity contribution in [3.8, 4) is 0 Å². The third-order valence-corrected chi connectivity index (χ3v) is 1.87. The molecule has 0 amide bonds. The quantitative estimate of drug-likeness (QED) is 0.272. The van der Waals surface area contributed by atoms with Crippen LogP contribution in [0.3, 0.4) is 0 Å². The van der Waals surface area contributed by atoms with Gasteiger partial charge in [-0.3, -0.25) is 0 Å². The van der Waals surface area contributed by atoms with Gasteiger partial charge in [0.05, 0.1) is 6.61 Å². The molecule has 1 saturated heterocycles. The lowest BCUT2D eigenvalue weighted by Crippen LogP contribution is -2.58. The first-order valence-corrected chi connectivity index (χ1v) is 3.56. The van der Waals surface area contributed by atoms with Crippen molar-refractivity contribution < 1.29 is 30.3 Å². The first-order chi connectivity index (χ1) is 5.57. The van der Waals surface area contributed by atoms with Crippen molar-refractivity contribution in [1.82, 2.24) is 0 Å². The number of aliphatic hydroxyl groups is 5. The summed E-state index contributed by atoms with van der Waals surface area (Å²) in [5.41, 5.74) is 0. The van der Waals surface area contributed by atoms with E-state index >= 15 is 0 Å². The van der Waals surface area contributed by atoms with Crippen molar-refractivity contribution in [2.24, 2.45) is 0 Å². The molecule has 6 heteroatoms. The molecule has 0 aromatic heterocycles. The summed E-state index contributed by atoms with van der Waals surface area (Å²) in [6.45, 7) is -0.526. The van der Waals surface area contributed by atoms with Crippen molar-refractivity contribution in [2.75, 3.05) is 6.61 Å². The molecule has 1 unspecified atom stereocenters. The van der Waals surface area contributed by atoms with Crippen molar-refractivity contribution in [2.45, 2.75) is 30.7 Å². The minimum atomic E-state index is -1.57. The van der Waals surface area contributed by atoms with Gasteiger partial charge >= 0.3 is 0 Å². The van der Waals surface area contributed by atoms with Gasteiger partial charge in [0.15, 0.2) is 6.29 Å². The third-order valence-electron chi connectivity index (χ3n) is 1.87. The molecule has 0 aliphatic carbocycles. The van der Waals surface area contributed by atoms with E-state index in [0.717, 1.165) is 0 Å². The lowest BCUT2D eigenvalue weighted by atomic mass is 10.0. The second-order valence-electron chi connectivity index (χ2n) is 2.72. The molecule has 1 heterocycles. The standard InChI is InChI=1S/C6H12O6/c7-1-2-3(8)4(9)5(10)6(11)12-2/h2-11H,1H2/t2-,3-,4+,5-,6?/m0/s1/i6+1. The summed E-state index contributed by atoms with van der Waals surface area (Å²) in [6, 6.07) is 0. The Labute approximate surface area is 68.6 Å². The number of hydrogen-bond acceptors (Lipinski definition) is 6. The first-order valence-electron chi connectivity index (χ1n) is 3.56. The summed E-state index contributed by atoms with van der Waals surface area (Å²) in [6.07, 6.45) is -7.04. The first kappa shape index (κ1) is 9.85. The van der Waals surface area contributed by atoms with E-state index in [1.54, 1.807) is 0 Å². The van der Waals surface area contributed by atoms with Crippen molar-refractivity contribution >= 4 is 0 Å². The van der Waals surface area contributed by atoms with Crippen LogP contribution in [0.1, 0.15) is 0 Å². The molecule has 0 aromatic rings. The van der Waals surface area contributed by atoms with Crippen LogP contribution in [0.2, 0.25) is 0 Å². The van der Waals surface area contributed by atoms with E-state index in [0.29, 0.717) is 0 Å². The van der Waals surface area contributed by atoms with Crippen LogP contribution in [0, 0.1) is 0 Å². The zero-order valence-electron chi connectivity index (χ0n) is 6.24. The Balaban J connectivity index is 2.63. The van der Waals surface area contributed by atoms with Gasteiger partial charge in [0.1, 0.15) is 24.4 Å². The molecular formula is C6H12O6. The molecule has 1 aliphatic heterocycles. The predicted molar refractivity (Wildman–Crippen MR) is 36.0 cm³/mol. The Morgan fingerprint density at radius 2 is 1.50 bits per heavy atom. The Morgan fingerprint density at radius 1 is 0.917 bits per heavy atom. The SMILES string of the molecule is OC[C@@H]1O[13CH](O)[C@@H](O)[C@H](O)[C@H]1O. The molecule has 0 saturated carbocycles. The van der Waals surface area contributed by atoms with Crippen LogP contribution in [0.5, 0.6) is 0 Å². The summed E-state index contributed by atoms with van der Waals surface area (Å²) in [5.74, 6) is 0. The van der Waals surface area contributed by atoms with Crippen LogP contribution in [0.4, 0.5) is 0 Å². The van der Waals surface area contributed by atoms with Crippen molar-refractivity contribution in [3.05, 3.63) is 0 Å². The van der Waals surface area contributed by atoms with E-state index in [4.69, 9.17) is 25.5 Å². The monoisotopic (exact) mass is 181 g/mol. The van der Waals surface area contributed by atoms with Crippen LogP contribution < -0.4 is 0 Å². The summed E-state index contributed by atoms with van der Waals surface area (Å²) in [7, 11) is 0. The zero-order valence-corrected chi connectivity index (χ0v) is 6.24. The van der Waals surface area contributed by atoms with Crippen molar-refractivity contribution in [3.63, 3.8) is 0 Å². The van der Waals surface area contributed by atoms with Gasteiger partial charge in [-0.1, -0.05) is 0 Å². The van der Waals surface area contributed by atoms with E-state index in [1.165, 1.54) is 0 Å². The highest BCUT2D eigenvalue weighted by Gasteiger charge is 2.42. The van der Waals surface area contributed by atoms with Gasteiger partial charge in [0.2, 0.25) is 0 Å². The third kappa shape index (κ3) is 1.58. The summed E-state index contributed by atoms with van der Waals surface area (Å²) < 4.78 is 4.58. The minimum Gasteiger partial charge on any atom is -0.394 e. The fourth-order valence-corrected chi connectivity index (χ4v) is 1.08. The normalized spacial score (nSPS) is 49.2. The topological polar surface area (TPSA) is 110 Å². The number of rotatable bonds is 1. The fourth-order valence-electron chi connectivity index (χ4n) is 1.08. The minimum absolute atomic E-state index is 0.526. The van der Waals surface area contributed by atoms with Gasteiger partial charge in [-0.2, -0.15) is 0 Å². The molecule has 1 fully saturated rings. The maximum absolute atomic E-state index is 9.12. The van der Waals surface area contributed by atoms with Gasteiger partial charge in [-0.25, -0.2) is 0 Å². The molecule has 5 N–H and O–H groups in total. The molecule has 0 bridgehead atoms. The maximum Gasteiger partial charge on any atom is 0.184 e. The lowest BCUT2D eigenvalue weighted by Gasteiger charge is -2.37. The molecule has 72 valence electrons. The van der Waals surface area contributed by atoms with E-state index in [-0.39, 0.29) is 0 Å². The highest BCUT2D eigenvalue weighted by atomic mass is 16.7. The predicted octanol–water partition coefficient (Wildman–Crippen LogP) is -3.22. The molecule has 1 rings (SSSR count). The van der Waals surface area contributed by atoms with Crippen molar-refractivity contribution in [1.29, 1.82) is 0 Å². The molecule has 5 atom stereocenters. The number of ether oxygens (including phenoxy) is 1. The lowest BCUT2D eigenvalue weighted by molar-refractivity contribution is -0.286. The van der Waals surface area contributed by atoms with E-state index in [2.05, 4.69) is 4.74 Å². The van der Waals surface area contributed by atoms with E-state index < -0.39 is 37.3 Å². The molecular weight excluding hydrogens is 169 g/mol. The molecule has 12 heavy (non-hydrogen) atoms. The number of aliphatic hydroxyl groups excluding tert-OH is 5. The average molecular weight is 181 g/mol. The smallest absolute Gasteiger partial charge is 0.184 e. The van der Waals surface area contributed by atoms with Crippen LogP contribution >= 0.6 is 0 Å². The average Bonchev–Trinajstić information content (AvgIpc) is 2.08. The number of hydrogen-bond donors (Lipinski definition) is 5.